The molecular weight excluding hydrogens is 328 g/mol. The number of carbonyl (C=O) groups is 2. The van der Waals surface area contributed by atoms with E-state index < -0.39 is 0 Å². The van der Waals surface area contributed by atoms with E-state index in [1.807, 2.05) is 18.2 Å². The van der Waals surface area contributed by atoms with Crippen molar-refractivity contribution >= 4 is 11.8 Å². The molecule has 2 aromatic carbocycles. The Morgan fingerprint density at radius 1 is 1.12 bits per heavy atom. The van der Waals surface area contributed by atoms with Crippen molar-refractivity contribution in [2.24, 2.45) is 0 Å². The number of hydrogen-bond acceptors (Lipinski definition) is 3. The van der Waals surface area contributed by atoms with Crippen LogP contribution in [-0.2, 0) is 11.2 Å². The summed E-state index contributed by atoms with van der Waals surface area (Å²) in [5.74, 6) is 0.235. The maximum atomic E-state index is 12.3. The van der Waals surface area contributed by atoms with Gasteiger partial charge in [0.2, 0.25) is 5.91 Å². The maximum absolute atomic E-state index is 12.3. The van der Waals surface area contributed by atoms with Crippen molar-refractivity contribution in [2.45, 2.75) is 31.7 Å². The molecule has 0 saturated carbocycles. The topological polar surface area (TPSA) is 67.4 Å². The molecule has 5 heteroatoms. The molecule has 0 unspecified atom stereocenters. The molecule has 2 aromatic rings. The molecule has 0 saturated heterocycles. The van der Waals surface area contributed by atoms with Gasteiger partial charge < -0.3 is 15.4 Å². The number of amides is 2. The van der Waals surface area contributed by atoms with Gasteiger partial charge in [-0.15, -0.1) is 0 Å². The van der Waals surface area contributed by atoms with E-state index in [9.17, 15) is 9.59 Å². The second-order valence-corrected chi connectivity index (χ2v) is 6.42. The number of para-hydroxylation sites is 1. The molecule has 136 valence electrons. The summed E-state index contributed by atoms with van der Waals surface area (Å²) in [6.45, 7) is 0.289. The Bertz CT molecular complexity index is 788. The van der Waals surface area contributed by atoms with Crippen molar-refractivity contribution in [1.29, 1.82) is 0 Å². The Kier molecular flexibility index (Phi) is 5.89. The zero-order valence-electron chi connectivity index (χ0n) is 15.0. The second-order valence-electron chi connectivity index (χ2n) is 6.42. The number of fused-ring (bicyclic) bond motifs is 1. The minimum absolute atomic E-state index is 0.0490. The molecule has 2 N–H and O–H groups in total. The fourth-order valence-electron chi connectivity index (χ4n) is 3.39. The van der Waals surface area contributed by atoms with Gasteiger partial charge >= 0.3 is 0 Å². The normalized spacial score (nSPS) is 15.7. The largest absolute Gasteiger partial charge is 0.496 e. The number of hydrogen-bond donors (Lipinski definition) is 2. The molecule has 0 aromatic heterocycles. The van der Waals surface area contributed by atoms with E-state index in [1.54, 1.807) is 18.2 Å². The first kappa shape index (κ1) is 18.0. The average molecular weight is 352 g/mol. The first-order valence-corrected chi connectivity index (χ1v) is 8.97. The molecule has 5 nitrogen and oxygen atoms in total. The molecule has 0 heterocycles. The maximum Gasteiger partial charge on any atom is 0.255 e. The van der Waals surface area contributed by atoms with E-state index in [0.717, 1.165) is 19.3 Å². The predicted molar refractivity (Wildman–Crippen MR) is 100 cm³/mol. The van der Waals surface area contributed by atoms with E-state index in [2.05, 4.69) is 22.8 Å². The number of methoxy groups -OCH3 is 1. The molecule has 1 atom stereocenters. The fraction of sp³-hybridized carbons (Fsp3) is 0.333. The van der Waals surface area contributed by atoms with E-state index in [0.29, 0.717) is 11.3 Å². The van der Waals surface area contributed by atoms with Gasteiger partial charge in [-0.2, -0.15) is 0 Å². The Hall–Kier alpha value is -2.82. The number of aryl methyl sites for hydroxylation is 1. The Labute approximate surface area is 153 Å². The van der Waals surface area contributed by atoms with Crippen LogP contribution in [0.1, 0.15) is 46.8 Å². The third-order valence-electron chi connectivity index (χ3n) is 4.69. The van der Waals surface area contributed by atoms with Crippen molar-refractivity contribution in [1.82, 2.24) is 10.6 Å². The highest BCUT2D eigenvalue weighted by Crippen LogP contribution is 2.29. The van der Waals surface area contributed by atoms with E-state index in [4.69, 9.17) is 4.74 Å². The molecular formula is C21H24N2O3. The molecule has 1 aliphatic carbocycles. The number of nitrogens with one attached hydrogen (secondary N) is 2. The number of rotatable bonds is 6. The fourth-order valence-corrected chi connectivity index (χ4v) is 3.39. The van der Waals surface area contributed by atoms with Gasteiger partial charge in [0.1, 0.15) is 5.75 Å². The highest BCUT2D eigenvalue weighted by molar-refractivity contribution is 5.97. The van der Waals surface area contributed by atoms with Crippen molar-refractivity contribution < 1.29 is 14.3 Å². The third-order valence-corrected chi connectivity index (χ3v) is 4.69. The van der Waals surface area contributed by atoms with Gasteiger partial charge in [-0.3, -0.25) is 9.59 Å². The van der Waals surface area contributed by atoms with Crippen molar-refractivity contribution in [3.8, 4) is 5.75 Å². The van der Waals surface area contributed by atoms with Crippen LogP contribution in [0, 0.1) is 0 Å². The summed E-state index contributed by atoms with van der Waals surface area (Å²) in [6.07, 6.45) is 3.35. The summed E-state index contributed by atoms with van der Waals surface area (Å²) in [4.78, 5) is 24.5. The molecule has 0 bridgehead atoms. The second kappa shape index (κ2) is 8.52. The van der Waals surface area contributed by atoms with Crippen LogP contribution in [0.2, 0.25) is 0 Å². The van der Waals surface area contributed by atoms with Crippen LogP contribution < -0.4 is 15.4 Å². The Morgan fingerprint density at radius 3 is 2.73 bits per heavy atom. The minimum Gasteiger partial charge on any atom is -0.496 e. The molecule has 0 spiro atoms. The van der Waals surface area contributed by atoms with Gasteiger partial charge in [0.15, 0.2) is 0 Å². The zero-order valence-corrected chi connectivity index (χ0v) is 15.0. The van der Waals surface area contributed by atoms with Gasteiger partial charge in [0, 0.05) is 13.0 Å². The van der Waals surface area contributed by atoms with Gasteiger partial charge in [0.05, 0.1) is 18.7 Å². The molecule has 0 radical (unpaired) electrons. The minimum atomic E-state index is -0.238. The van der Waals surface area contributed by atoms with E-state index >= 15 is 0 Å². The average Bonchev–Trinajstić information content (AvgIpc) is 2.68. The van der Waals surface area contributed by atoms with Crippen molar-refractivity contribution in [3.05, 3.63) is 65.2 Å². The van der Waals surface area contributed by atoms with Crippen LogP contribution in [0.15, 0.2) is 48.5 Å². The zero-order chi connectivity index (χ0) is 18.4. The SMILES string of the molecule is COc1ccccc1C(=O)NCCC(=O)N[C@@H]1CCCc2ccccc21. The van der Waals surface area contributed by atoms with Crippen LogP contribution in [0.25, 0.3) is 0 Å². The van der Waals surface area contributed by atoms with Crippen molar-refractivity contribution in [3.63, 3.8) is 0 Å². The van der Waals surface area contributed by atoms with Gasteiger partial charge in [-0.05, 0) is 42.5 Å². The first-order valence-electron chi connectivity index (χ1n) is 8.97. The molecule has 0 aliphatic heterocycles. The molecule has 3 rings (SSSR count). The van der Waals surface area contributed by atoms with Crippen molar-refractivity contribution in [2.75, 3.05) is 13.7 Å². The van der Waals surface area contributed by atoms with Gasteiger partial charge in [-0.25, -0.2) is 0 Å². The Morgan fingerprint density at radius 2 is 1.88 bits per heavy atom. The van der Waals surface area contributed by atoms with Crippen LogP contribution in [-0.4, -0.2) is 25.5 Å². The molecule has 26 heavy (non-hydrogen) atoms. The van der Waals surface area contributed by atoms with E-state index in [1.165, 1.54) is 18.2 Å². The standard InChI is InChI=1S/C21H24N2O3/c1-26-19-12-5-4-10-17(19)21(25)22-14-13-20(24)23-18-11-6-8-15-7-2-3-9-16(15)18/h2-5,7,9-10,12,18H,6,8,11,13-14H2,1H3,(H,22,25)(H,23,24)/t18-/m1/s1. The van der Waals surface area contributed by atoms with Gasteiger partial charge in [-0.1, -0.05) is 36.4 Å². The summed E-state index contributed by atoms with van der Waals surface area (Å²) in [7, 11) is 1.53. The molecule has 1 aliphatic rings. The summed E-state index contributed by atoms with van der Waals surface area (Å²) in [6, 6.07) is 15.4. The van der Waals surface area contributed by atoms with E-state index in [-0.39, 0.29) is 30.8 Å². The quantitative estimate of drug-likeness (QED) is 0.840. The van der Waals surface area contributed by atoms with Crippen LogP contribution in [0.3, 0.4) is 0 Å². The van der Waals surface area contributed by atoms with Crippen LogP contribution >= 0.6 is 0 Å². The van der Waals surface area contributed by atoms with Crippen LogP contribution in [0.5, 0.6) is 5.75 Å². The third kappa shape index (κ3) is 4.23. The lowest BCUT2D eigenvalue weighted by atomic mass is 9.88. The monoisotopic (exact) mass is 352 g/mol. The Balaban J connectivity index is 1.50. The smallest absolute Gasteiger partial charge is 0.255 e. The highest BCUT2D eigenvalue weighted by Gasteiger charge is 2.21. The first-order chi connectivity index (χ1) is 12.7. The summed E-state index contributed by atoms with van der Waals surface area (Å²) < 4.78 is 5.19. The highest BCUT2D eigenvalue weighted by atomic mass is 16.5. The molecule has 0 fully saturated rings. The summed E-state index contributed by atoms with van der Waals surface area (Å²) in [5, 5.41) is 5.88. The number of ether oxygens (including phenoxy) is 1. The predicted octanol–water partition coefficient (Wildman–Crippen LogP) is 3.01. The summed E-state index contributed by atoms with van der Waals surface area (Å²) >= 11 is 0. The number of benzene rings is 2. The summed E-state index contributed by atoms with van der Waals surface area (Å²) in [5.41, 5.74) is 3.00. The van der Waals surface area contributed by atoms with Crippen LogP contribution in [0.4, 0.5) is 0 Å². The lowest BCUT2D eigenvalue weighted by Gasteiger charge is -2.26. The lowest BCUT2D eigenvalue weighted by Crippen LogP contribution is -2.34. The van der Waals surface area contributed by atoms with Gasteiger partial charge in [0.25, 0.3) is 5.91 Å². The number of carbonyl (C=O) groups excluding carboxylic acids is 2. The lowest BCUT2D eigenvalue weighted by molar-refractivity contribution is -0.121. The molecule has 2 amide bonds.